The van der Waals surface area contributed by atoms with Gasteiger partial charge in [-0.3, -0.25) is 0 Å². The van der Waals surface area contributed by atoms with Gasteiger partial charge in [-0.1, -0.05) is 39.3 Å². The van der Waals surface area contributed by atoms with E-state index in [2.05, 4.69) is 13.8 Å². The van der Waals surface area contributed by atoms with Gasteiger partial charge in [-0.2, -0.15) is 4.31 Å². The van der Waals surface area contributed by atoms with Gasteiger partial charge >= 0.3 is 0 Å². The summed E-state index contributed by atoms with van der Waals surface area (Å²) in [6.45, 7) is 9.24. The van der Waals surface area contributed by atoms with E-state index in [1.165, 1.54) is 0 Å². The molecule has 0 aliphatic rings. The molecule has 0 fully saturated rings. The zero-order valence-electron chi connectivity index (χ0n) is 12.9. The number of aryl methyl sites for hydroxylation is 1. The Morgan fingerprint density at radius 2 is 1.95 bits per heavy atom. The summed E-state index contributed by atoms with van der Waals surface area (Å²) >= 11 is 0. The molecule has 0 spiro atoms. The summed E-state index contributed by atoms with van der Waals surface area (Å²) in [4.78, 5) is 0.380. The maximum Gasteiger partial charge on any atom is 0.243 e. The van der Waals surface area contributed by atoms with Crippen molar-refractivity contribution in [2.45, 2.75) is 45.6 Å². The van der Waals surface area contributed by atoms with Crippen molar-refractivity contribution < 1.29 is 8.42 Å². The van der Waals surface area contributed by atoms with Gasteiger partial charge in [-0.15, -0.1) is 0 Å². The summed E-state index contributed by atoms with van der Waals surface area (Å²) in [7, 11) is -3.44. The van der Waals surface area contributed by atoms with Crippen LogP contribution in [-0.2, 0) is 16.6 Å². The summed E-state index contributed by atoms with van der Waals surface area (Å²) < 4.78 is 27.1. The molecular weight excluding hydrogens is 272 g/mol. The SMILES string of the molecule is CCC(C)CN(CC)S(=O)(=O)c1cc(CN)ccc1C. The molecule has 0 amide bonds. The fraction of sp³-hybridized carbons (Fsp3) is 0.600. The molecule has 1 aromatic carbocycles. The zero-order valence-corrected chi connectivity index (χ0v) is 13.7. The summed E-state index contributed by atoms with van der Waals surface area (Å²) in [6.07, 6.45) is 0.966. The van der Waals surface area contributed by atoms with E-state index in [1.807, 2.05) is 26.0 Å². The molecule has 1 aromatic rings. The number of sulfonamides is 1. The van der Waals surface area contributed by atoms with Crippen molar-refractivity contribution in [1.82, 2.24) is 4.31 Å². The fourth-order valence-corrected chi connectivity index (χ4v) is 3.91. The number of nitrogens with zero attached hydrogens (tertiary/aromatic N) is 1. The molecule has 0 aliphatic carbocycles. The molecule has 0 bridgehead atoms. The van der Waals surface area contributed by atoms with Crippen LogP contribution in [0.1, 0.15) is 38.3 Å². The Hall–Kier alpha value is -0.910. The number of benzene rings is 1. The standard InChI is InChI=1S/C15H26N2O2S/c1-5-12(3)11-17(6-2)20(18,19)15-9-14(10-16)8-7-13(15)4/h7-9,12H,5-6,10-11,16H2,1-4H3. The van der Waals surface area contributed by atoms with E-state index >= 15 is 0 Å². The Morgan fingerprint density at radius 1 is 1.30 bits per heavy atom. The van der Waals surface area contributed by atoms with E-state index < -0.39 is 10.0 Å². The Morgan fingerprint density at radius 3 is 2.45 bits per heavy atom. The predicted molar refractivity (Wildman–Crippen MR) is 83.0 cm³/mol. The summed E-state index contributed by atoms with van der Waals surface area (Å²) in [5.41, 5.74) is 7.22. The van der Waals surface area contributed by atoms with Crippen LogP contribution in [-0.4, -0.2) is 25.8 Å². The van der Waals surface area contributed by atoms with E-state index in [-0.39, 0.29) is 0 Å². The highest BCUT2D eigenvalue weighted by atomic mass is 32.2. The highest BCUT2D eigenvalue weighted by Gasteiger charge is 2.26. The van der Waals surface area contributed by atoms with Gasteiger partial charge in [-0.25, -0.2) is 8.42 Å². The normalized spacial score (nSPS) is 13.7. The summed E-state index contributed by atoms with van der Waals surface area (Å²) in [5, 5.41) is 0. The molecular formula is C15H26N2O2S. The number of rotatable bonds is 7. The minimum atomic E-state index is -3.44. The van der Waals surface area contributed by atoms with Crippen molar-refractivity contribution in [3.05, 3.63) is 29.3 Å². The first-order valence-corrected chi connectivity index (χ1v) is 8.60. The maximum absolute atomic E-state index is 12.8. The van der Waals surface area contributed by atoms with Crippen LogP contribution in [0.2, 0.25) is 0 Å². The second-order valence-corrected chi connectivity index (χ2v) is 7.18. The molecule has 1 rings (SSSR count). The maximum atomic E-state index is 12.8. The second-order valence-electron chi connectivity index (χ2n) is 5.27. The Bertz CT molecular complexity index is 541. The van der Waals surface area contributed by atoms with Crippen molar-refractivity contribution in [2.75, 3.05) is 13.1 Å². The number of hydrogen-bond acceptors (Lipinski definition) is 3. The molecule has 0 saturated carbocycles. The van der Waals surface area contributed by atoms with Gasteiger partial charge in [-0.05, 0) is 30.0 Å². The molecule has 0 saturated heterocycles. The van der Waals surface area contributed by atoms with E-state index in [9.17, 15) is 8.42 Å². The van der Waals surface area contributed by atoms with Crippen LogP contribution in [0.5, 0.6) is 0 Å². The number of nitrogens with two attached hydrogens (primary N) is 1. The minimum absolute atomic E-state index is 0.348. The van der Waals surface area contributed by atoms with Gasteiger partial charge in [0.25, 0.3) is 0 Å². The molecule has 1 unspecified atom stereocenters. The highest BCUT2D eigenvalue weighted by Crippen LogP contribution is 2.22. The molecule has 114 valence electrons. The molecule has 0 aliphatic heterocycles. The third-order valence-corrected chi connectivity index (χ3v) is 5.75. The van der Waals surface area contributed by atoms with Gasteiger partial charge < -0.3 is 5.73 Å². The molecule has 5 heteroatoms. The monoisotopic (exact) mass is 298 g/mol. The third-order valence-electron chi connectivity index (χ3n) is 3.67. The van der Waals surface area contributed by atoms with Crippen LogP contribution in [0, 0.1) is 12.8 Å². The lowest BCUT2D eigenvalue weighted by Gasteiger charge is -2.24. The lowest BCUT2D eigenvalue weighted by atomic mass is 10.1. The highest BCUT2D eigenvalue weighted by molar-refractivity contribution is 7.89. The van der Waals surface area contributed by atoms with Crippen LogP contribution in [0.4, 0.5) is 0 Å². The lowest BCUT2D eigenvalue weighted by Crippen LogP contribution is -2.35. The first-order valence-electron chi connectivity index (χ1n) is 7.16. The van der Waals surface area contributed by atoms with Crippen molar-refractivity contribution in [3.63, 3.8) is 0 Å². The van der Waals surface area contributed by atoms with E-state index in [0.29, 0.717) is 30.4 Å². The summed E-state index contributed by atoms with van der Waals surface area (Å²) in [6, 6.07) is 5.40. The van der Waals surface area contributed by atoms with Gasteiger partial charge in [0.05, 0.1) is 4.90 Å². The smallest absolute Gasteiger partial charge is 0.243 e. The largest absolute Gasteiger partial charge is 0.326 e. The predicted octanol–water partition coefficient (Wildman–Crippen LogP) is 2.51. The minimum Gasteiger partial charge on any atom is -0.326 e. The van der Waals surface area contributed by atoms with Gasteiger partial charge in [0, 0.05) is 19.6 Å². The first-order chi connectivity index (χ1) is 9.36. The molecule has 2 N–H and O–H groups in total. The average molecular weight is 298 g/mol. The summed E-state index contributed by atoms with van der Waals surface area (Å²) in [5.74, 6) is 0.350. The molecule has 0 heterocycles. The molecule has 0 radical (unpaired) electrons. The van der Waals surface area contributed by atoms with Gasteiger partial charge in [0.15, 0.2) is 0 Å². The zero-order chi connectivity index (χ0) is 15.3. The second kappa shape index (κ2) is 7.20. The average Bonchev–Trinajstić information content (AvgIpc) is 2.44. The van der Waals surface area contributed by atoms with Crippen LogP contribution in [0.25, 0.3) is 0 Å². The van der Waals surface area contributed by atoms with E-state index in [0.717, 1.165) is 17.5 Å². The van der Waals surface area contributed by atoms with E-state index in [4.69, 9.17) is 5.73 Å². The Kier molecular flexibility index (Phi) is 6.17. The van der Waals surface area contributed by atoms with Gasteiger partial charge in [0.1, 0.15) is 0 Å². The Balaban J connectivity index is 3.19. The fourth-order valence-electron chi connectivity index (χ4n) is 2.06. The Labute approximate surface area is 123 Å². The van der Waals surface area contributed by atoms with Crippen molar-refractivity contribution in [1.29, 1.82) is 0 Å². The van der Waals surface area contributed by atoms with Crippen molar-refractivity contribution in [3.8, 4) is 0 Å². The van der Waals surface area contributed by atoms with Crippen molar-refractivity contribution in [2.24, 2.45) is 11.7 Å². The van der Waals surface area contributed by atoms with Crippen LogP contribution < -0.4 is 5.73 Å². The van der Waals surface area contributed by atoms with Crippen LogP contribution in [0.3, 0.4) is 0 Å². The molecule has 4 nitrogen and oxygen atoms in total. The molecule has 0 aromatic heterocycles. The topological polar surface area (TPSA) is 63.4 Å². The number of hydrogen-bond donors (Lipinski definition) is 1. The molecule has 20 heavy (non-hydrogen) atoms. The molecule has 1 atom stereocenters. The van der Waals surface area contributed by atoms with E-state index in [1.54, 1.807) is 10.4 Å². The first kappa shape index (κ1) is 17.1. The lowest BCUT2D eigenvalue weighted by molar-refractivity contribution is 0.361. The van der Waals surface area contributed by atoms with Gasteiger partial charge in [0.2, 0.25) is 10.0 Å². The quantitative estimate of drug-likeness (QED) is 0.841. The van der Waals surface area contributed by atoms with Crippen LogP contribution >= 0.6 is 0 Å². The third kappa shape index (κ3) is 3.81. The van der Waals surface area contributed by atoms with Crippen LogP contribution in [0.15, 0.2) is 23.1 Å². The van der Waals surface area contributed by atoms with Crippen molar-refractivity contribution >= 4 is 10.0 Å².